The minimum Gasteiger partial charge on any atom is -0.333 e. The van der Waals surface area contributed by atoms with Crippen LogP contribution in [0.3, 0.4) is 0 Å². The summed E-state index contributed by atoms with van der Waals surface area (Å²) >= 11 is 0. The highest BCUT2D eigenvalue weighted by Gasteiger charge is 2.25. The van der Waals surface area contributed by atoms with Crippen LogP contribution >= 0.6 is 0 Å². The summed E-state index contributed by atoms with van der Waals surface area (Å²) in [5.41, 5.74) is -0.0745. The van der Waals surface area contributed by atoms with Gasteiger partial charge in [0.05, 0.1) is 0 Å². The van der Waals surface area contributed by atoms with Crippen LogP contribution in [-0.4, -0.2) is 29.6 Å². The maximum atomic E-state index is 12.0. The molecule has 0 atom stereocenters. The number of hydrogen-bond donors (Lipinski definition) is 1. The number of nitrogens with one attached hydrogen (secondary N) is 1. The van der Waals surface area contributed by atoms with Crippen molar-refractivity contribution >= 4 is 6.03 Å². The van der Waals surface area contributed by atoms with Gasteiger partial charge in [-0.15, -0.1) is 0 Å². The zero-order valence-electron chi connectivity index (χ0n) is 11.2. The highest BCUT2D eigenvalue weighted by molar-refractivity contribution is 5.75. The first-order chi connectivity index (χ1) is 7.44. The van der Waals surface area contributed by atoms with Crippen molar-refractivity contribution in [3.63, 3.8) is 0 Å². The molecule has 1 heterocycles. The SMILES string of the molecule is CCCC(C)(C)NC(=O)N1CCC(C)CC1. The molecule has 0 spiro atoms. The molecule has 1 aliphatic rings. The van der Waals surface area contributed by atoms with Gasteiger partial charge in [0.2, 0.25) is 0 Å². The summed E-state index contributed by atoms with van der Waals surface area (Å²) in [6, 6.07) is 0.116. The van der Waals surface area contributed by atoms with Crippen LogP contribution in [0.5, 0.6) is 0 Å². The second-order valence-corrected chi connectivity index (χ2v) is 5.73. The molecule has 2 amide bonds. The summed E-state index contributed by atoms with van der Waals surface area (Å²) in [7, 11) is 0. The average Bonchev–Trinajstić information content (AvgIpc) is 2.17. The fourth-order valence-electron chi connectivity index (χ4n) is 2.27. The molecule has 0 saturated carbocycles. The van der Waals surface area contributed by atoms with Crippen LogP contribution in [0.1, 0.15) is 53.4 Å². The van der Waals surface area contributed by atoms with Gasteiger partial charge >= 0.3 is 6.03 Å². The van der Waals surface area contributed by atoms with Gasteiger partial charge in [-0.3, -0.25) is 0 Å². The van der Waals surface area contributed by atoms with Gasteiger partial charge in [0.1, 0.15) is 0 Å². The molecular formula is C13H26N2O. The monoisotopic (exact) mass is 226 g/mol. The molecule has 94 valence electrons. The lowest BCUT2D eigenvalue weighted by Gasteiger charge is -2.34. The molecule has 0 aromatic heterocycles. The predicted octanol–water partition coefficient (Wildman–Crippen LogP) is 3.01. The summed E-state index contributed by atoms with van der Waals surface area (Å²) < 4.78 is 0. The number of carbonyl (C=O) groups excluding carboxylic acids is 1. The van der Waals surface area contributed by atoms with Gasteiger partial charge in [0.25, 0.3) is 0 Å². The van der Waals surface area contributed by atoms with Gasteiger partial charge < -0.3 is 10.2 Å². The second kappa shape index (κ2) is 5.55. The molecule has 16 heavy (non-hydrogen) atoms. The molecule has 1 N–H and O–H groups in total. The molecule has 0 unspecified atom stereocenters. The van der Waals surface area contributed by atoms with E-state index < -0.39 is 0 Å². The molecule has 0 aromatic carbocycles. The molecule has 0 bridgehead atoms. The Labute approximate surface area is 99.6 Å². The highest BCUT2D eigenvalue weighted by Crippen LogP contribution is 2.17. The van der Waals surface area contributed by atoms with E-state index in [-0.39, 0.29) is 11.6 Å². The summed E-state index contributed by atoms with van der Waals surface area (Å²) in [4.78, 5) is 14.0. The van der Waals surface area contributed by atoms with Crippen molar-refractivity contribution in [2.24, 2.45) is 5.92 Å². The first-order valence-corrected chi connectivity index (χ1v) is 6.51. The Morgan fingerprint density at radius 2 is 1.94 bits per heavy atom. The van der Waals surface area contributed by atoms with E-state index in [0.29, 0.717) is 0 Å². The molecule has 1 fully saturated rings. The summed E-state index contributed by atoms with van der Waals surface area (Å²) in [6.45, 7) is 10.4. The third-order valence-corrected chi connectivity index (χ3v) is 3.39. The van der Waals surface area contributed by atoms with Crippen LogP contribution < -0.4 is 5.32 Å². The summed E-state index contributed by atoms with van der Waals surface area (Å²) in [6.07, 6.45) is 4.41. The lowest BCUT2D eigenvalue weighted by molar-refractivity contribution is 0.163. The zero-order valence-corrected chi connectivity index (χ0v) is 11.2. The number of urea groups is 1. The summed E-state index contributed by atoms with van der Waals surface area (Å²) in [5.74, 6) is 0.771. The number of carbonyl (C=O) groups is 1. The van der Waals surface area contributed by atoms with Gasteiger partial charge in [0.15, 0.2) is 0 Å². The van der Waals surface area contributed by atoms with E-state index in [1.807, 2.05) is 4.90 Å². The molecule has 0 radical (unpaired) electrons. The van der Waals surface area contributed by atoms with E-state index >= 15 is 0 Å². The van der Waals surface area contributed by atoms with Crippen LogP contribution in [0.15, 0.2) is 0 Å². The fraction of sp³-hybridized carbons (Fsp3) is 0.923. The Hall–Kier alpha value is -0.730. The molecule has 3 heteroatoms. The second-order valence-electron chi connectivity index (χ2n) is 5.73. The Balaban J connectivity index is 2.40. The van der Waals surface area contributed by atoms with E-state index in [0.717, 1.165) is 44.7 Å². The average molecular weight is 226 g/mol. The van der Waals surface area contributed by atoms with Crippen molar-refractivity contribution in [1.82, 2.24) is 10.2 Å². The molecule has 1 saturated heterocycles. The van der Waals surface area contributed by atoms with E-state index in [9.17, 15) is 4.79 Å². The molecule has 3 nitrogen and oxygen atoms in total. The van der Waals surface area contributed by atoms with Gasteiger partial charge in [-0.25, -0.2) is 4.79 Å². The van der Waals surface area contributed by atoms with E-state index in [2.05, 4.69) is 33.0 Å². The first kappa shape index (κ1) is 13.3. The Morgan fingerprint density at radius 1 is 1.38 bits per heavy atom. The van der Waals surface area contributed by atoms with Crippen LogP contribution in [0.2, 0.25) is 0 Å². The maximum Gasteiger partial charge on any atom is 0.317 e. The molecule has 1 rings (SSSR count). The van der Waals surface area contributed by atoms with Crippen LogP contribution in [0.4, 0.5) is 4.79 Å². The standard InChI is InChI=1S/C13H26N2O/c1-5-8-13(3,4)14-12(16)15-9-6-11(2)7-10-15/h11H,5-10H2,1-4H3,(H,14,16). The highest BCUT2D eigenvalue weighted by atomic mass is 16.2. The van der Waals surface area contributed by atoms with Crippen LogP contribution in [-0.2, 0) is 0 Å². The maximum absolute atomic E-state index is 12.0. The lowest BCUT2D eigenvalue weighted by Crippen LogP contribution is -2.51. The Bertz CT molecular complexity index is 230. The Morgan fingerprint density at radius 3 is 2.44 bits per heavy atom. The van der Waals surface area contributed by atoms with E-state index in [1.165, 1.54) is 0 Å². The van der Waals surface area contributed by atoms with E-state index in [4.69, 9.17) is 0 Å². The largest absolute Gasteiger partial charge is 0.333 e. The molecule has 0 aromatic rings. The van der Waals surface area contributed by atoms with E-state index in [1.54, 1.807) is 0 Å². The third kappa shape index (κ3) is 4.03. The van der Waals surface area contributed by atoms with Crippen LogP contribution in [0, 0.1) is 5.92 Å². The van der Waals surface area contributed by atoms with Crippen molar-refractivity contribution in [1.29, 1.82) is 0 Å². The topological polar surface area (TPSA) is 32.3 Å². The number of rotatable bonds is 3. The lowest BCUT2D eigenvalue weighted by atomic mass is 9.98. The smallest absolute Gasteiger partial charge is 0.317 e. The molecule has 0 aliphatic carbocycles. The molecule has 1 aliphatic heterocycles. The van der Waals surface area contributed by atoms with Crippen molar-refractivity contribution in [2.75, 3.05) is 13.1 Å². The number of likely N-dealkylation sites (tertiary alicyclic amines) is 1. The van der Waals surface area contributed by atoms with Gasteiger partial charge in [-0.05, 0) is 39.0 Å². The number of nitrogens with zero attached hydrogens (tertiary/aromatic N) is 1. The number of amides is 2. The van der Waals surface area contributed by atoms with Crippen molar-refractivity contribution < 1.29 is 4.79 Å². The minimum absolute atomic E-state index is 0.0745. The van der Waals surface area contributed by atoms with Gasteiger partial charge in [-0.2, -0.15) is 0 Å². The van der Waals surface area contributed by atoms with Crippen molar-refractivity contribution in [3.05, 3.63) is 0 Å². The summed E-state index contributed by atoms with van der Waals surface area (Å²) in [5, 5.41) is 3.13. The third-order valence-electron chi connectivity index (χ3n) is 3.39. The Kier molecular flexibility index (Phi) is 4.63. The minimum atomic E-state index is -0.0745. The van der Waals surface area contributed by atoms with Gasteiger partial charge in [-0.1, -0.05) is 20.3 Å². The number of piperidine rings is 1. The normalized spacial score (nSPS) is 18.6. The first-order valence-electron chi connectivity index (χ1n) is 6.51. The number of hydrogen-bond acceptors (Lipinski definition) is 1. The molecular weight excluding hydrogens is 200 g/mol. The fourth-order valence-corrected chi connectivity index (χ4v) is 2.27. The zero-order chi connectivity index (χ0) is 12.2. The van der Waals surface area contributed by atoms with Gasteiger partial charge in [0, 0.05) is 18.6 Å². The van der Waals surface area contributed by atoms with Crippen LogP contribution in [0.25, 0.3) is 0 Å². The predicted molar refractivity (Wildman–Crippen MR) is 67.5 cm³/mol. The van der Waals surface area contributed by atoms with Crippen molar-refractivity contribution in [2.45, 2.75) is 58.9 Å². The van der Waals surface area contributed by atoms with Crippen molar-refractivity contribution in [3.8, 4) is 0 Å². The quantitative estimate of drug-likeness (QED) is 0.788.